The van der Waals surface area contributed by atoms with Crippen molar-refractivity contribution >= 4 is 62.5 Å². The molecule has 2 aliphatic heterocycles. The number of rotatable bonds is 2. The summed E-state index contributed by atoms with van der Waals surface area (Å²) in [5.41, 5.74) is 8.42. The molecule has 2 aliphatic rings. The van der Waals surface area contributed by atoms with Gasteiger partial charge in [-0.15, -0.1) is 0 Å². The number of fused-ring (bicyclic) bond motifs is 8. The molecular weight excluding hydrogens is 490 g/mol. The monoisotopic (exact) mass is 514 g/mol. The van der Waals surface area contributed by atoms with Crippen LogP contribution >= 0.6 is 7.14 Å². The van der Waals surface area contributed by atoms with Crippen molar-refractivity contribution in [1.29, 1.82) is 0 Å². The molecule has 1 nitrogen and oxygen atoms in total. The van der Waals surface area contributed by atoms with E-state index >= 15 is 4.57 Å². The van der Waals surface area contributed by atoms with Crippen LogP contribution in [0, 0.1) is 0 Å². The quantitative estimate of drug-likeness (QED) is 0.207. The lowest BCUT2D eigenvalue weighted by atomic mass is 9.37. The maximum atomic E-state index is 16.1. The molecule has 0 saturated heterocycles. The van der Waals surface area contributed by atoms with E-state index in [9.17, 15) is 0 Å². The van der Waals surface area contributed by atoms with E-state index in [1.165, 1.54) is 27.5 Å². The Hall–Kier alpha value is -4.39. The van der Waals surface area contributed by atoms with Crippen LogP contribution in [0.1, 0.15) is 16.7 Å². The van der Waals surface area contributed by atoms with Gasteiger partial charge in [0.05, 0.1) is 0 Å². The Morgan fingerprint density at radius 1 is 0.513 bits per heavy atom. The molecule has 2 heterocycles. The first-order chi connectivity index (χ1) is 19.3. The van der Waals surface area contributed by atoms with Crippen molar-refractivity contribution in [2.24, 2.45) is 0 Å². The van der Waals surface area contributed by atoms with Crippen LogP contribution in [0.15, 0.2) is 146 Å². The topological polar surface area (TPSA) is 17.1 Å². The molecule has 0 spiro atoms. The molecule has 6 aromatic carbocycles. The molecule has 6 aromatic rings. The summed E-state index contributed by atoms with van der Waals surface area (Å²) in [6.45, 7) is 0.0488. The Morgan fingerprint density at radius 2 is 1.15 bits per heavy atom. The summed E-state index contributed by atoms with van der Waals surface area (Å²) in [4.78, 5) is 0. The van der Waals surface area contributed by atoms with Gasteiger partial charge in [-0.25, -0.2) is 0 Å². The predicted molar refractivity (Wildman–Crippen MR) is 167 cm³/mol. The minimum Gasteiger partial charge on any atom is -0.309 e. The summed E-state index contributed by atoms with van der Waals surface area (Å²) < 4.78 is 16.1. The zero-order chi connectivity index (χ0) is 26.0. The van der Waals surface area contributed by atoms with Crippen molar-refractivity contribution < 1.29 is 4.57 Å². The van der Waals surface area contributed by atoms with Crippen LogP contribution in [0.4, 0.5) is 0 Å². The minimum atomic E-state index is -3.26. The highest BCUT2D eigenvalue weighted by Crippen LogP contribution is 2.53. The van der Waals surface area contributed by atoms with Crippen molar-refractivity contribution in [3.63, 3.8) is 0 Å². The average Bonchev–Trinajstić information content (AvgIpc) is 3.31. The molecule has 8 rings (SSSR count). The fourth-order valence-corrected chi connectivity index (χ4v) is 10.1. The molecule has 0 aromatic heterocycles. The Bertz CT molecular complexity index is 1990. The Kier molecular flexibility index (Phi) is 4.96. The average molecular weight is 514 g/mol. The molecule has 1 atom stereocenters. The molecule has 3 heteroatoms. The third kappa shape index (κ3) is 3.13. The predicted octanol–water partition coefficient (Wildman–Crippen LogP) is 5.91. The first kappa shape index (κ1) is 22.6. The SMILES string of the molecule is O=P1(c2ccccc2)c2ccccc2C2=C(B(c3ccccc3)c3ccccc32)c2ccc3ccccc3c21. The van der Waals surface area contributed by atoms with Crippen LogP contribution in [0.25, 0.3) is 21.8 Å². The van der Waals surface area contributed by atoms with E-state index in [4.69, 9.17) is 0 Å². The first-order valence-corrected chi connectivity index (χ1v) is 15.1. The summed E-state index contributed by atoms with van der Waals surface area (Å²) >= 11 is 0. The van der Waals surface area contributed by atoms with Gasteiger partial charge in [0.15, 0.2) is 7.14 Å². The zero-order valence-corrected chi connectivity index (χ0v) is 22.2. The van der Waals surface area contributed by atoms with Crippen molar-refractivity contribution in [2.45, 2.75) is 0 Å². The van der Waals surface area contributed by atoms with Gasteiger partial charge >= 0.3 is 0 Å². The van der Waals surface area contributed by atoms with E-state index in [0.29, 0.717) is 0 Å². The Balaban J connectivity index is 1.61. The molecule has 0 bridgehead atoms. The van der Waals surface area contributed by atoms with E-state index in [-0.39, 0.29) is 6.71 Å². The van der Waals surface area contributed by atoms with Crippen molar-refractivity contribution in [1.82, 2.24) is 0 Å². The minimum absolute atomic E-state index is 0.0488. The van der Waals surface area contributed by atoms with Gasteiger partial charge in [0.2, 0.25) is 6.71 Å². The fourth-order valence-electron chi connectivity index (χ4n) is 6.79. The molecule has 182 valence electrons. The summed E-state index contributed by atoms with van der Waals surface area (Å²) in [5.74, 6) is 0. The molecule has 0 amide bonds. The molecule has 0 saturated carbocycles. The lowest BCUT2D eigenvalue weighted by molar-refractivity contribution is 0.592. The van der Waals surface area contributed by atoms with Crippen LogP contribution in [0.3, 0.4) is 0 Å². The van der Waals surface area contributed by atoms with E-state index < -0.39 is 7.14 Å². The second-order valence-electron chi connectivity index (χ2n) is 10.4. The van der Waals surface area contributed by atoms with Crippen molar-refractivity contribution in [3.8, 4) is 0 Å². The zero-order valence-electron chi connectivity index (χ0n) is 21.3. The Morgan fingerprint density at radius 3 is 1.97 bits per heavy atom. The maximum absolute atomic E-state index is 16.1. The third-order valence-electron chi connectivity index (χ3n) is 8.37. The summed E-state index contributed by atoms with van der Waals surface area (Å²) in [6, 6.07) is 50.9. The molecule has 0 fully saturated rings. The van der Waals surface area contributed by atoms with Crippen LogP contribution < -0.4 is 26.8 Å². The van der Waals surface area contributed by atoms with Crippen LogP contribution in [-0.4, -0.2) is 6.71 Å². The smallest absolute Gasteiger partial charge is 0.243 e. The molecule has 1 unspecified atom stereocenters. The van der Waals surface area contributed by atoms with Crippen LogP contribution in [0.5, 0.6) is 0 Å². The van der Waals surface area contributed by atoms with Gasteiger partial charge in [-0.05, 0) is 33.0 Å². The molecular formula is C36H24BOP. The lowest BCUT2D eigenvalue weighted by Gasteiger charge is -2.25. The fraction of sp³-hybridized carbons (Fsp3) is 0. The molecule has 0 aliphatic carbocycles. The van der Waals surface area contributed by atoms with E-state index in [1.54, 1.807) is 0 Å². The summed E-state index contributed by atoms with van der Waals surface area (Å²) in [7, 11) is -3.26. The van der Waals surface area contributed by atoms with E-state index in [2.05, 4.69) is 109 Å². The molecule has 0 N–H and O–H groups in total. The summed E-state index contributed by atoms with van der Waals surface area (Å²) in [6.07, 6.45) is 0. The van der Waals surface area contributed by atoms with Gasteiger partial charge < -0.3 is 4.57 Å². The normalized spacial score (nSPS) is 17.3. The summed E-state index contributed by atoms with van der Waals surface area (Å²) in [5, 5.41) is 4.93. The highest BCUT2D eigenvalue weighted by Gasteiger charge is 2.45. The van der Waals surface area contributed by atoms with Crippen molar-refractivity contribution in [2.75, 3.05) is 0 Å². The number of hydrogen-bond donors (Lipinski definition) is 0. The van der Waals surface area contributed by atoms with Gasteiger partial charge in [0.1, 0.15) is 0 Å². The van der Waals surface area contributed by atoms with Crippen LogP contribution in [-0.2, 0) is 4.57 Å². The third-order valence-corrected chi connectivity index (χ3v) is 11.6. The van der Waals surface area contributed by atoms with Gasteiger partial charge in [-0.1, -0.05) is 162 Å². The largest absolute Gasteiger partial charge is 0.309 e. The van der Waals surface area contributed by atoms with E-state index in [0.717, 1.165) is 37.8 Å². The van der Waals surface area contributed by atoms with Gasteiger partial charge in [0, 0.05) is 15.9 Å². The van der Waals surface area contributed by atoms with Crippen molar-refractivity contribution in [3.05, 3.63) is 162 Å². The number of hydrogen-bond acceptors (Lipinski definition) is 1. The van der Waals surface area contributed by atoms with E-state index in [1.807, 2.05) is 36.4 Å². The number of benzene rings is 6. The lowest BCUT2D eigenvalue weighted by Crippen LogP contribution is -2.42. The Labute approximate surface area is 228 Å². The van der Waals surface area contributed by atoms with Gasteiger partial charge in [-0.3, -0.25) is 0 Å². The van der Waals surface area contributed by atoms with Gasteiger partial charge in [0.25, 0.3) is 0 Å². The second-order valence-corrected chi connectivity index (χ2v) is 13.0. The maximum Gasteiger partial charge on any atom is 0.243 e. The first-order valence-electron chi connectivity index (χ1n) is 13.4. The second kappa shape index (κ2) is 8.56. The highest BCUT2D eigenvalue weighted by molar-refractivity contribution is 7.86. The highest BCUT2D eigenvalue weighted by atomic mass is 31.2. The molecule has 39 heavy (non-hydrogen) atoms. The molecule has 0 radical (unpaired) electrons. The van der Waals surface area contributed by atoms with Crippen LogP contribution in [0.2, 0.25) is 0 Å². The standard InChI is InChI=1S/C36H24BOP/c38-39(27-16-5-2-6-17-27)33-22-12-10-20-30(33)34-29-19-9-11-21-32(29)37(26-14-3-1-4-15-26)35(34)31-24-23-25-13-7-8-18-28(25)36(31)39/h1-24H. The van der Waals surface area contributed by atoms with Gasteiger partial charge in [-0.2, -0.15) is 0 Å².